The molecule has 0 radical (unpaired) electrons. The number of methoxy groups -OCH3 is 1. The van der Waals surface area contributed by atoms with Gasteiger partial charge in [-0.15, -0.1) is 0 Å². The molecule has 1 heterocycles. The lowest BCUT2D eigenvalue weighted by atomic mass is 9.85. The molecule has 1 unspecified atom stereocenters. The Balaban J connectivity index is 1.75. The highest BCUT2D eigenvalue weighted by atomic mass is 31.1. The third-order valence-corrected chi connectivity index (χ3v) is 7.55. The summed E-state index contributed by atoms with van der Waals surface area (Å²) in [5, 5.41) is 6.27. The summed E-state index contributed by atoms with van der Waals surface area (Å²) in [6.07, 6.45) is 0. The lowest BCUT2D eigenvalue weighted by Gasteiger charge is -2.20. The van der Waals surface area contributed by atoms with Gasteiger partial charge in [0.25, 0.3) is 0 Å². The fourth-order valence-corrected chi connectivity index (χ4v) is 5.82. The van der Waals surface area contributed by atoms with Crippen molar-refractivity contribution in [2.75, 3.05) is 7.11 Å². The third-order valence-electron chi connectivity index (χ3n) is 6.53. The van der Waals surface area contributed by atoms with Gasteiger partial charge in [0, 0.05) is 21.7 Å². The van der Waals surface area contributed by atoms with Crippen LogP contribution in [-0.4, -0.2) is 7.11 Å². The maximum absolute atomic E-state index is 6.66. The molecule has 0 aliphatic carbocycles. The van der Waals surface area contributed by atoms with Gasteiger partial charge < -0.3 is 17.7 Å². The van der Waals surface area contributed by atoms with E-state index in [1.165, 1.54) is 0 Å². The van der Waals surface area contributed by atoms with Crippen molar-refractivity contribution in [2.24, 2.45) is 0 Å². The highest BCUT2D eigenvalue weighted by Gasteiger charge is 2.23. The van der Waals surface area contributed by atoms with Crippen LogP contribution in [0.15, 0.2) is 99.4 Å². The molecule has 0 spiro atoms. The molecule has 0 amide bonds. The second kappa shape index (κ2) is 8.65. The van der Waals surface area contributed by atoms with Crippen molar-refractivity contribution in [1.29, 1.82) is 0 Å². The van der Waals surface area contributed by atoms with Crippen molar-refractivity contribution in [3.05, 3.63) is 96.6 Å². The van der Waals surface area contributed by atoms with E-state index in [2.05, 4.69) is 63.2 Å². The summed E-state index contributed by atoms with van der Waals surface area (Å²) in [7, 11) is -0.0973. The Morgan fingerprint density at radius 3 is 2.14 bits per heavy atom. The Morgan fingerprint density at radius 1 is 0.694 bits per heavy atom. The number of fused-ring (bicyclic) bond motifs is 6. The number of benzene rings is 5. The number of rotatable bonds is 3. The average Bonchev–Trinajstić information content (AvgIpc) is 3.04. The molecular formula is C31H27O4P. The zero-order valence-electron chi connectivity index (χ0n) is 20.7. The smallest absolute Gasteiger partial charge is 0.453 e. The molecule has 0 bridgehead atoms. The molecule has 36 heavy (non-hydrogen) atoms. The number of hydrogen-bond donors (Lipinski definition) is 0. The minimum absolute atomic E-state index is 0.200. The normalized spacial score (nSPS) is 12.4. The standard InChI is InChI=1S/C31H27O4P/c1-31(2,3)26-19-22(32-4)18-25-29-24-14-8-6-11-21(24)16-17-28(29)34-36(35-30(25)26)33-27-15-9-12-20-10-5-7-13-23(20)27/h5-19H,1-4H3. The maximum atomic E-state index is 6.66. The molecule has 4 nitrogen and oxygen atoms in total. The van der Waals surface area contributed by atoms with Crippen LogP contribution in [0.1, 0.15) is 26.3 Å². The summed E-state index contributed by atoms with van der Waals surface area (Å²) in [6, 6.07) is 30.7. The molecular weight excluding hydrogens is 467 g/mol. The minimum atomic E-state index is -1.79. The lowest BCUT2D eigenvalue weighted by Crippen LogP contribution is -2.11. The first kappa shape index (κ1) is 22.6. The van der Waals surface area contributed by atoms with E-state index in [0.717, 1.165) is 60.5 Å². The molecule has 0 saturated heterocycles. The van der Waals surface area contributed by atoms with Crippen LogP contribution in [0.2, 0.25) is 0 Å². The Kier molecular flexibility index (Phi) is 5.43. The number of hydrogen-bond acceptors (Lipinski definition) is 4. The molecule has 6 rings (SSSR count). The van der Waals surface area contributed by atoms with Crippen LogP contribution < -0.4 is 9.26 Å². The summed E-state index contributed by atoms with van der Waals surface area (Å²) in [5.74, 6) is 1.51. The molecule has 0 aliphatic rings. The molecule has 0 aliphatic heterocycles. The van der Waals surface area contributed by atoms with E-state index >= 15 is 0 Å². The van der Waals surface area contributed by atoms with Gasteiger partial charge in [0.2, 0.25) is 0 Å². The van der Waals surface area contributed by atoms with Crippen molar-refractivity contribution >= 4 is 51.7 Å². The predicted octanol–water partition coefficient (Wildman–Crippen LogP) is 9.74. The summed E-state index contributed by atoms with van der Waals surface area (Å²) in [4.78, 5) is 0. The summed E-state index contributed by atoms with van der Waals surface area (Å²) >= 11 is 0. The summed E-state index contributed by atoms with van der Waals surface area (Å²) in [6.45, 7) is 6.53. The molecule has 1 atom stereocenters. The Labute approximate surface area is 210 Å². The topological polar surface area (TPSA) is 44.7 Å². The fraction of sp³-hybridized carbons (Fsp3) is 0.161. The monoisotopic (exact) mass is 494 g/mol. The predicted molar refractivity (Wildman–Crippen MR) is 149 cm³/mol. The third kappa shape index (κ3) is 3.88. The second-order valence-corrected chi connectivity index (χ2v) is 10.9. The summed E-state index contributed by atoms with van der Waals surface area (Å²) < 4.78 is 25.4. The van der Waals surface area contributed by atoms with E-state index in [1.807, 2.05) is 48.5 Å². The first-order chi connectivity index (χ1) is 17.4. The van der Waals surface area contributed by atoms with Crippen LogP contribution in [0.3, 0.4) is 0 Å². The van der Waals surface area contributed by atoms with E-state index in [-0.39, 0.29) is 5.41 Å². The quantitative estimate of drug-likeness (QED) is 0.246. The van der Waals surface area contributed by atoms with Gasteiger partial charge in [-0.25, -0.2) is 0 Å². The van der Waals surface area contributed by atoms with Crippen molar-refractivity contribution in [3.63, 3.8) is 0 Å². The average molecular weight is 495 g/mol. The van der Waals surface area contributed by atoms with Crippen LogP contribution >= 0.6 is 8.24 Å². The molecule has 0 N–H and O–H groups in total. The van der Waals surface area contributed by atoms with Gasteiger partial charge >= 0.3 is 8.24 Å². The summed E-state index contributed by atoms with van der Waals surface area (Å²) in [5.41, 5.74) is 2.33. The van der Waals surface area contributed by atoms with Gasteiger partial charge in [0.05, 0.1) is 7.11 Å². The first-order valence-corrected chi connectivity index (χ1v) is 13.1. The van der Waals surface area contributed by atoms with Gasteiger partial charge in [0.1, 0.15) is 22.7 Å². The second-order valence-electron chi connectivity index (χ2n) is 9.94. The van der Waals surface area contributed by atoms with Crippen LogP contribution in [0.25, 0.3) is 43.5 Å². The van der Waals surface area contributed by atoms with Crippen molar-refractivity contribution < 1.29 is 17.7 Å². The van der Waals surface area contributed by atoms with E-state index in [0.29, 0.717) is 0 Å². The molecule has 0 fully saturated rings. The van der Waals surface area contributed by atoms with E-state index in [4.69, 9.17) is 17.7 Å². The SMILES string of the molecule is COc1cc(C(C)(C)C)c2op(Oc3cccc4ccccc34)oc3ccc4ccccc4c3c2c1. The van der Waals surface area contributed by atoms with Crippen LogP contribution in [-0.2, 0) is 5.41 Å². The highest BCUT2D eigenvalue weighted by molar-refractivity contribution is 7.32. The van der Waals surface area contributed by atoms with Crippen LogP contribution in [0, 0.1) is 0 Å². The zero-order valence-corrected chi connectivity index (χ0v) is 21.6. The van der Waals surface area contributed by atoms with Crippen molar-refractivity contribution in [3.8, 4) is 11.5 Å². The van der Waals surface area contributed by atoms with Gasteiger partial charge in [-0.3, -0.25) is 0 Å². The molecule has 6 aromatic rings. The van der Waals surface area contributed by atoms with Gasteiger partial charge in [-0.05, 0) is 45.8 Å². The first-order valence-electron chi connectivity index (χ1n) is 12.0. The molecule has 180 valence electrons. The zero-order chi connectivity index (χ0) is 24.9. The highest BCUT2D eigenvalue weighted by Crippen LogP contribution is 2.44. The Bertz CT molecular complexity index is 1790. The Morgan fingerprint density at radius 2 is 1.39 bits per heavy atom. The van der Waals surface area contributed by atoms with Crippen molar-refractivity contribution in [2.45, 2.75) is 26.2 Å². The minimum Gasteiger partial charge on any atom is -0.497 e. The molecule has 5 aromatic carbocycles. The maximum Gasteiger partial charge on any atom is 0.453 e. The lowest BCUT2D eigenvalue weighted by molar-refractivity contribution is 0.413. The van der Waals surface area contributed by atoms with E-state index < -0.39 is 8.24 Å². The largest absolute Gasteiger partial charge is 0.497 e. The van der Waals surface area contributed by atoms with Gasteiger partial charge in [0.15, 0.2) is 0 Å². The van der Waals surface area contributed by atoms with Gasteiger partial charge in [-0.1, -0.05) is 87.5 Å². The van der Waals surface area contributed by atoms with Crippen molar-refractivity contribution in [1.82, 2.24) is 0 Å². The van der Waals surface area contributed by atoms with E-state index in [1.54, 1.807) is 7.11 Å². The van der Waals surface area contributed by atoms with Crippen LogP contribution in [0.4, 0.5) is 0 Å². The fourth-order valence-electron chi connectivity index (χ4n) is 4.73. The molecule has 1 aromatic heterocycles. The van der Waals surface area contributed by atoms with E-state index in [9.17, 15) is 0 Å². The Hall–Kier alpha value is -3.88. The molecule has 5 heteroatoms. The van der Waals surface area contributed by atoms with Gasteiger partial charge in [-0.2, -0.15) is 0 Å². The number of ether oxygens (including phenoxy) is 1. The van der Waals surface area contributed by atoms with Crippen LogP contribution in [0.5, 0.6) is 11.5 Å². The molecule has 0 saturated carbocycles.